The number of nitrogens with zero attached hydrogens (tertiary/aromatic N) is 1. The van der Waals surface area contributed by atoms with E-state index in [1.54, 1.807) is 19.0 Å². The predicted molar refractivity (Wildman–Crippen MR) is 67.5 cm³/mol. The van der Waals surface area contributed by atoms with E-state index in [2.05, 4.69) is 0 Å². The summed E-state index contributed by atoms with van der Waals surface area (Å²) in [6.45, 7) is 0.598. The fourth-order valence-corrected chi connectivity index (χ4v) is 1.99. The first-order valence-corrected chi connectivity index (χ1v) is 5.91. The van der Waals surface area contributed by atoms with E-state index in [1.807, 2.05) is 18.2 Å². The van der Waals surface area contributed by atoms with Crippen LogP contribution in [0.2, 0.25) is 0 Å². The lowest BCUT2D eigenvalue weighted by Crippen LogP contribution is -2.35. The van der Waals surface area contributed by atoms with E-state index in [-0.39, 0.29) is 18.6 Å². The zero-order chi connectivity index (χ0) is 13.1. The van der Waals surface area contributed by atoms with E-state index >= 15 is 0 Å². The van der Waals surface area contributed by atoms with E-state index in [4.69, 9.17) is 15.2 Å². The molecule has 0 bridgehead atoms. The molecule has 0 aliphatic carbocycles. The number of hydrogen-bond donors (Lipinski definition) is 1. The second kappa shape index (κ2) is 5.27. The van der Waals surface area contributed by atoms with Gasteiger partial charge in [0, 0.05) is 20.6 Å². The molecular formula is C13H18N2O3. The Kier molecular flexibility index (Phi) is 3.72. The lowest BCUT2D eigenvalue weighted by molar-refractivity contribution is -0.132. The molecule has 2 rings (SSSR count). The molecule has 98 valence electrons. The molecule has 0 fully saturated rings. The Labute approximate surface area is 106 Å². The molecule has 0 radical (unpaired) electrons. The Morgan fingerprint density at radius 3 is 2.78 bits per heavy atom. The molecule has 1 atom stereocenters. The number of nitrogens with two attached hydrogens (primary N) is 1. The molecule has 1 aromatic rings. The van der Waals surface area contributed by atoms with Gasteiger partial charge in [-0.15, -0.1) is 0 Å². The average molecular weight is 250 g/mol. The normalized spacial score (nSPS) is 14.4. The van der Waals surface area contributed by atoms with Crippen LogP contribution in [0.25, 0.3) is 0 Å². The van der Waals surface area contributed by atoms with Crippen molar-refractivity contribution in [3.63, 3.8) is 0 Å². The maximum Gasteiger partial charge on any atom is 0.231 e. The molecular weight excluding hydrogens is 232 g/mol. The molecule has 5 nitrogen and oxygen atoms in total. The molecule has 0 aromatic heterocycles. The molecule has 0 saturated heterocycles. The van der Waals surface area contributed by atoms with Crippen LogP contribution >= 0.6 is 0 Å². The Bertz CT molecular complexity index is 446. The summed E-state index contributed by atoms with van der Waals surface area (Å²) in [6.07, 6.45) is 0.615. The Balaban J connectivity index is 2.10. The smallest absolute Gasteiger partial charge is 0.231 e. The highest BCUT2D eigenvalue weighted by Crippen LogP contribution is 2.33. The van der Waals surface area contributed by atoms with Crippen molar-refractivity contribution >= 4 is 5.91 Å². The molecule has 1 aliphatic heterocycles. The van der Waals surface area contributed by atoms with E-state index in [9.17, 15) is 4.79 Å². The van der Waals surface area contributed by atoms with Gasteiger partial charge >= 0.3 is 0 Å². The summed E-state index contributed by atoms with van der Waals surface area (Å²) in [5, 5.41) is 0. The summed E-state index contributed by atoms with van der Waals surface area (Å²) in [5.74, 6) is 1.35. The summed E-state index contributed by atoms with van der Waals surface area (Å²) >= 11 is 0. The van der Waals surface area contributed by atoms with Gasteiger partial charge in [0.15, 0.2) is 11.5 Å². The Morgan fingerprint density at radius 1 is 1.39 bits per heavy atom. The molecule has 1 amide bonds. The van der Waals surface area contributed by atoms with Crippen molar-refractivity contribution < 1.29 is 14.3 Å². The lowest BCUT2D eigenvalue weighted by atomic mass is 9.98. The number of fused-ring (bicyclic) bond motifs is 1. The van der Waals surface area contributed by atoms with E-state index in [0.29, 0.717) is 13.0 Å². The largest absolute Gasteiger partial charge is 0.454 e. The van der Waals surface area contributed by atoms with Crippen molar-refractivity contribution in [3.05, 3.63) is 23.8 Å². The van der Waals surface area contributed by atoms with Crippen LogP contribution in [0.1, 0.15) is 5.56 Å². The molecule has 1 aromatic carbocycles. The van der Waals surface area contributed by atoms with Gasteiger partial charge in [0.2, 0.25) is 12.7 Å². The quantitative estimate of drug-likeness (QED) is 0.851. The highest BCUT2D eigenvalue weighted by Gasteiger charge is 2.20. The highest BCUT2D eigenvalue weighted by molar-refractivity contribution is 5.78. The molecule has 0 saturated carbocycles. The topological polar surface area (TPSA) is 64.8 Å². The number of amides is 1. The van der Waals surface area contributed by atoms with Crippen molar-refractivity contribution in [2.45, 2.75) is 6.42 Å². The van der Waals surface area contributed by atoms with Gasteiger partial charge in [0.25, 0.3) is 0 Å². The van der Waals surface area contributed by atoms with Gasteiger partial charge in [-0.3, -0.25) is 4.79 Å². The van der Waals surface area contributed by atoms with Crippen molar-refractivity contribution in [3.8, 4) is 11.5 Å². The number of hydrogen-bond acceptors (Lipinski definition) is 4. The summed E-state index contributed by atoms with van der Waals surface area (Å²) in [4.78, 5) is 13.5. The number of benzene rings is 1. The van der Waals surface area contributed by atoms with Crippen molar-refractivity contribution in [2.75, 3.05) is 27.4 Å². The van der Waals surface area contributed by atoms with Crippen molar-refractivity contribution in [1.29, 1.82) is 0 Å². The number of ether oxygens (including phenoxy) is 2. The van der Waals surface area contributed by atoms with Crippen LogP contribution in [0.3, 0.4) is 0 Å². The number of rotatable bonds is 4. The molecule has 18 heavy (non-hydrogen) atoms. The first-order chi connectivity index (χ1) is 8.61. The van der Waals surface area contributed by atoms with Crippen LogP contribution in [0.15, 0.2) is 18.2 Å². The summed E-state index contributed by atoms with van der Waals surface area (Å²) in [5.41, 5.74) is 6.70. The van der Waals surface area contributed by atoms with Crippen molar-refractivity contribution in [2.24, 2.45) is 11.7 Å². The van der Waals surface area contributed by atoms with Gasteiger partial charge < -0.3 is 20.1 Å². The van der Waals surface area contributed by atoms with Crippen LogP contribution < -0.4 is 15.2 Å². The molecule has 2 N–H and O–H groups in total. The van der Waals surface area contributed by atoms with Crippen molar-refractivity contribution in [1.82, 2.24) is 4.90 Å². The van der Waals surface area contributed by atoms with E-state index in [0.717, 1.165) is 17.1 Å². The van der Waals surface area contributed by atoms with Gasteiger partial charge in [-0.2, -0.15) is 0 Å². The number of carbonyl (C=O) groups excluding carboxylic acids is 1. The Hall–Kier alpha value is -1.75. The van der Waals surface area contributed by atoms with Gasteiger partial charge in [-0.05, 0) is 24.1 Å². The third-order valence-corrected chi connectivity index (χ3v) is 2.99. The standard InChI is InChI=1S/C13H18N2O3/c1-15(2)13(16)10(7-14)5-9-3-4-11-12(6-9)18-8-17-11/h3-4,6,10H,5,7-8,14H2,1-2H3. The monoisotopic (exact) mass is 250 g/mol. The lowest BCUT2D eigenvalue weighted by Gasteiger charge is -2.19. The second-order valence-corrected chi connectivity index (χ2v) is 4.56. The molecule has 1 heterocycles. The maximum atomic E-state index is 11.9. The van der Waals surface area contributed by atoms with Crippen LogP contribution in [-0.2, 0) is 11.2 Å². The first-order valence-electron chi connectivity index (χ1n) is 5.91. The van der Waals surface area contributed by atoms with E-state index < -0.39 is 0 Å². The number of carbonyl (C=O) groups is 1. The van der Waals surface area contributed by atoms with Crippen LogP contribution in [0.4, 0.5) is 0 Å². The minimum absolute atomic E-state index is 0.0511. The van der Waals surface area contributed by atoms with Crippen LogP contribution in [0.5, 0.6) is 11.5 Å². The maximum absolute atomic E-state index is 11.9. The third-order valence-electron chi connectivity index (χ3n) is 2.99. The zero-order valence-electron chi connectivity index (χ0n) is 10.7. The zero-order valence-corrected chi connectivity index (χ0v) is 10.7. The SMILES string of the molecule is CN(C)C(=O)C(CN)Cc1ccc2c(c1)OCO2. The van der Waals surface area contributed by atoms with Gasteiger partial charge in [-0.25, -0.2) is 0 Å². The summed E-state index contributed by atoms with van der Waals surface area (Å²) in [6, 6.07) is 5.72. The minimum atomic E-state index is -0.194. The van der Waals surface area contributed by atoms with Gasteiger partial charge in [0.05, 0.1) is 5.92 Å². The molecule has 5 heteroatoms. The molecule has 1 unspecified atom stereocenters. The van der Waals surface area contributed by atoms with E-state index in [1.165, 1.54) is 0 Å². The minimum Gasteiger partial charge on any atom is -0.454 e. The first kappa shape index (κ1) is 12.7. The summed E-state index contributed by atoms with van der Waals surface area (Å²) < 4.78 is 10.6. The molecule has 1 aliphatic rings. The predicted octanol–water partition coefficient (Wildman–Crippen LogP) is 0.621. The fraction of sp³-hybridized carbons (Fsp3) is 0.462. The van der Waals surface area contributed by atoms with Gasteiger partial charge in [-0.1, -0.05) is 6.07 Å². The average Bonchev–Trinajstić information content (AvgIpc) is 2.82. The molecule has 0 spiro atoms. The van der Waals surface area contributed by atoms with Crippen LogP contribution in [-0.4, -0.2) is 38.2 Å². The highest BCUT2D eigenvalue weighted by atomic mass is 16.7. The third kappa shape index (κ3) is 2.56. The second-order valence-electron chi connectivity index (χ2n) is 4.56. The fourth-order valence-electron chi connectivity index (χ4n) is 1.99. The van der Waals surface area contributed by atoms with Crippen LogP contribution in [0, 0.1) is 5.92 Å². The van der Waals surface area contributed by atoms with Gasteiger partial charge in [0.1, 0.15) is 0 Å². The Morgan fingerprint density at radius 2 is 2.11 bits per heavy atom. The summed E-state index contributed by atoms with van der Waals surface area (Å²) in [7, 11) is 3.48.